The number of ether oxygens (including phenoxy) is 4. The first kappa shape index (κ1) is 97.5. The highest BCUT2D eigenvalue weighted by molar-refractivity contribution is 15.0. The van der Waals surface area contributed by atoms with Gasteiger partial charge in [0, 0.05) is 85.2 Å². The summed E-state index contributed by atoms with van der Waals surface area (Å²) in [6.45, 7) is 2.94. The molecule has 57 heteroatoms. The van der Waals surface area contributed by atoms with Crippen LogP contribution in [0.15, 0.2) is 139 Å². The van der Waals surface area contributed by atoms with Crippen LogP contribution in [0.25, 0.3) is 44.7 Å². The van der Waals surface area contributed by atoms with E-state index in [1.54, 1.807) is 88.4 Å². The summed E-state index contributed by atoms with van der Waals surface area (Å²) < 4.78 is 161. The highest BCUT2D eigenvalue weighted by Crippen LogP contribution is 2.59. The van der Waals surface area contributed by atoms with Gasteiger partial charge in [0.25, 0.3) is 22.9 Å². The molecule has 0 radical (unpaired) electrons. The van der Waals surface area contributed by atoms with E-state index in [0.29, 0.717) is 11.1 Å². The molecule has 8 bridgehead atoms. The fourth-order valence-electron chi connectivity index (χ4n) is 13.6. The van der Waals surface area contributed by atoms with Crippen LogP contribution in [-0.2, 0) is 87.5 Å². The van der Waals surface area contributed by atoms with Gasteiger partial charge < -0.3 is 54.6 Å². The molecule has 6 saturated heterocycles. The van der Waals surface area contributed by atoms with Crippen LogP contribution in [0.2, 0.25) is 0 Å². The number of phosphoric acid groups is 3. The summed E-state index contributed by atoms with van der Waals surface area (Å²) in [5.74, 6) is -3.14. The summed E-state index contributed by atoms with van der Waals surface area (Å²) in [5, 5.41) is 28.7. The van der Waals surface area contributed by atoms with Gasteiger partial charge in [-0.05, 0) is 24.3 Å². The summed E-state index contributed by atoms with van der Waals surface area (Å²) in [6, 6.07) is 26.4. The number of carbonyl (C=O) groups is 4. The van der Waals surface area contributed by atoms with E-state index in [0.717, 1.165) is 28.1 Å². The molecule has 0 saturated carbocycles. The highest BCUT2D eigenvalue weighted by Gasteiger charge is 2.56. The van der Waals surface area contributed by atoms with Crippen molar-refractivity contribution < 1.29 is 121 Å². The average Bonchev–Trinajstić information content (AvgIpc) is 1.61. The van der Waals surface area contributed by atoms with E-state index in [9.17, 15) is 62.8 Å². The molecule has 0 aliphatic carbocycles. The lowest BCUT2D eigenvalue weighted by Gasteiger charge is -2.26. The number of imidazole rings is 4. The van der Waals surface area contributed by atoms with Gasteiger partial charge in [0.1, 0.15) is 49.3 Å². The number of hydrogen-bond donors (Lipinski definition) is 9. The van der Waals surface area contributed by atoms with Gasteiger partial charge in [-0.2, -0.15) is 20.5 Å². The molecule has 0 spiro atoms. The van der Waals surface area contributed by atoms with Crippen LogP contribution < -0.4 is 43.5 Å². The maximum atomic E-state index is 16.5. The normalized spacial score (nSPS) is 27.3. The number of hydrogen-bond acceptors (Lipinski definition) is 37. The molecule has 2 aromatic carbocycles. The number of amides is 4. The summed E-state index contributed by atoms with van der Waals surface area (Å²) in [4.78, 5) is 149. The Hall–Kier alpha value is -9.99. The molecule has 12 N–H and O–H groups in total. The molecule has 49 nitrogen and oxygen atoms in total. The Morgan fingerprint density at radius 2 is 0.969 bits per heavy atom. The lowest BCUT2D eigenvalue weighted by atomic mass is 10.1. The molecular weight excluding hydrogens is 2030 g/mol. The van der Waals surface area contributed by atoms with Gasteiger partial charge in [-0.1, -0.05) is 70.2 Å². The summed E-state index contributed by atoms with van der Waals surface area (Å²) in [5.41, 5.74) is -0.927. The second kappa shape index (κ2) is 43.6. The predicted octanol–water partition coefficient (Wildman–Crippen LogP) is 9.12. The van der Waals surface area contributed by atoms with Crippen molar-refractivity contribution in [1.29, 1.82) is 10.5 Å². The lowest BCUT2D eigenvalue weighted by Crippen LogP contribution is -2.33. The fourth-order valence-corrected chi connectivity index (χ4v) is 18.0. The van der Waals surface area contributed by atoms with Crippen molar-refractivity contribution in [2.75, 3.05) is 60.9 Å². The number of pyridine rings is 1. The molecular formula is C73H81F2I2N24O25P4+. The third-order valence-corrected chi connectivity index (χ3v) is 24.4. The first-order valence-electron chi connectivity index (χ1n) is 39.1. The van der Waals surface area contributed by atoms with E-state index >= 15 is 8.78 Å². The number of nitriles is 2. The van der Waals surface area contributed by atoms with Gasteiger partial charge in [0.2, 0.25) is 23.7 Å². The Balaban J connectivity index is 0.000000203. The zero-order valence-corrected chi connectivity index (χ0v) is 76.3. The van der Waals surface area contributed by atoms with E-state index in [1.165, 1.54) is 28.1 Å². The van der Waals surface area contributed by atoms with Gasteiger partial charge in [-0.3, -0.25) is 104 Å². The van der Waals surface area contributed by atoms with Crippen molar-refractivity contribution in [3.63, 3.8) is 0 Å². The molecule has 11 aromatic rings. The zero-order valence-electron chi connectivity index (χ0n) is 68.4. The number of halogens is 4. The molecule has 690 valence electrons. The maximum absolute atomic E-state index is 16.5. The van der Waals surface area contributed by atoms with Crippen molar-refractivity contribution >= 4 is 161 Å². The van der Waals surface area contributed by atoms with Crippen LogP contribution >= 0.6 is 69.3 Å². The Morgan fingerprint density at radius 1 is 0.554 bits per heavy atom. The number of rotatable bonds is 18. The molecule has 6 fully saturated rings. The largest absolute Gasteiger partial charge is 0.475 e. The van der Waals surface area contributed by atoms with Crippen molar-refractivity contribution in [1.82, 2.24) is 84.2 Å². The smallest absolute Gasteiger partial charge is 0.349 e. The van der Waals surface area contributed by atoms with Gasteiger partial charge in [-0.25, -0.2) is 67.3 Å². The molecule has 18 atom stereocenters. The molecule has 17 rings (SSSR count). The number of aromatic amines is 3. The van der Waals surface area contributed by atoms with Crippen molar-refractivity contribution in [2.24, 2.45) is 11.8 Å². The van der Waals surface area contributed by atoms with E-state index in [4.69, 9.17) is 64.2 Å². The van der Waals surface area contributed by atoms with Gasteiger partial charge in [0.15, 0.2) is 106 Å². The van der Waals surface area contributed by atoms with Crippen molar-refractivity contribution in [3.8, 4) is 12.1 Å². The van der Waals surface area contributed by atoms with Crippen LogP contribution in [0.5, 0.6) is 0 Å². The number of nitrogens with zero attached hydrogens (tertiary/aromatic N) is 16. The Labute approximate surface area is 757 Å². The van der Waals surface area contributed by atoms with Gasteiger partial charge >= 0.3 is 32.1 Å². The van der Waals surface area contributed by atoms with E-state index in [1.807, 2.05) is 42.7 Å². The SMILES string of the molecule is CC(C)C(=O)Nc1nc2c(ncn2[C@@H]2O[C@@H]3COP(=O)(O)O[C@@H]4C[C@@H](COP(=O)(OCCC#N)O[C@@H]2[C@@H]3F)O[C@H]4n2cnc3c(NC(=O)c4ccccc4)ncnc32)c(=O)[nH]1.CC(C)C(=O)Nc1nc2c(ncn2[C@@H]2O[C@@H]3COP(O)O[C@@H]4C[C@@H](COP(=O)(OCCC#N)O[C@@H]2[C@@H]3F)O[C@H]4n2cnc3c(NC(=O)c4ccccc4)ncnc32)c(=O)[nH]1.II.N.c1cc[nH+]cc1. The summed E-state index contributed by atoms with van der Waals surface area (Å²) in [7, 11) is -17.5. The Kier molecular flexibility index (Phi) is 32.7. The molecule has 4 unspecified atom stereocenters. The third-order valence-electron chi connectivity index (χ3n) is 19.7. The van der Waals surface area contributed by atoms with Crippen LogP contribution in [0, 0.1) is 34.5 Å². The van der Waals surface area contributed by atoms with E-state index in [-0.39, 0.29) is 100 Å². The number of fused-ring (bicyclic) bond motifs is 12. The number of carbonyl (C=O) groups excluding carboxylic acids is 4. The van der Waals surface area contributed by atoms with Gasteiger partial charge in [0.05, 0.1) is 102 Å². The number of alkyl halides is 2. The number of phosphoric ester groups is 3. The molecule has 15 heterocycles. The van der Waals surface area contributed by atoms with Crippen molar-refractivity contribution in [3.05, 3.63) is 161 Å². The maximum Gasteiger partial charge on any atom is 0.475 e. The molecule has 6 aliphatic rings. The average molecular weight is 2110 g/mol. The van der Waals surface area contributed by atoms with Crippen LogP contribution in [0.3, 0.4) is 0 Å². The van der Waals surface area contributed by atoms with Crippen molar-refractivity contribution in [2.45, 2.75) is 139 Å². The van der Waals surface area contributed by atoms with Crippen LogP contribution in [0.1, 0.15) is 99.0 Å². The second-order valence-corrected chi connectivity index (χ2v) is 34.7. The number of anilines is 4. The quantitative estimate of drug-likeness (QED) is 0.0219. The Bertz CT molecular complexity index is 6180. The van der Waals surface area contributed by atoms with Crippen LogP contribution in [0.4, 0.5) is 32.3 Å². The topological polar surface area (TPSA) is 648 Å². The Morgan fingerprint density at radius 3 is 1.39 bits per heavy atom. The number of H-pyrrole nitrogens is 3. The first-order chi connectivity index (χ1) is 62.1. The standard InChI is InChI=1S/C34H36FN11O13P2.C34H36FN11O12P2.C5H5N.I2.H3N/c1-17(2)29(47)43-34-42-28-24(31(49)44-34)40-16-46(28)33-25-22(35)21(57-33)13-54-60(50,51)58-20-11-19(12-55-61(52,59-25)53-10-6-9-36)56-32(20)45-15-39-23-26(37-14-38-27(23)45)41-30(48)18-7-4-3-5-8-18;1-17(2)29(47)43-34-42-28-24(31(49)44-34)40-16-46(28)33-25-22(35)21(56-33)13-52-59(50)57-20-11-19(12-54-60(51,58-25)53-10-6-9-36)55-32(20)45-15-39-23-26(37-14-38-27(23)45)41-30(48)18-7-4-3-5-8-18;1-2-4-6-5-3-1;1-2;/h3-5,7-8,14-17,19-22,25,32-33H,6,10-13H2,1-2H3,(H,50,51)(H,37,38,41,48)(H2,42,43,44,47,49);3-5,7-8,14-17,19-22,25,32-33,50H,6,10-13H2,1-2H3,(H,37,38,41,48)(H2,42,43,44,47,49);1-5H;;1H3/p+1/t19-,20+,21+,22+,25+,32+,33+,61?;19-,20+,21+,22+,25+,32+,33+,59?,60?;;;/m00.../s1. The highest BCUT2D eigenvalue weighted by atomic mass is 128. The second-order valence-electron chi connectivity index (χ2n) is 29.1. The third kappa shape index (κ3) is 22.8. The number of benzene rings is 2. The first-order valence-corrected chi connectivity index (χ1v) is 50.9. The minimum Gasteiger partial charge on any atom is -0.349 e. The summed E-state index contributed by atoms with van der Waals surface area (Å²) in [6.07, 6.45) is -11.0. The fraction of sp³-hybridized carbons (Fsp3) is 0.411. The van der Waals surface area contributed by atoms with Gasteiger partial charge in [-0.15, -0.1) is 0 Å². The van der Waals surface area contributed by atoms with E-state index in [2.05, 4.69) is 123 Å². The predicted molar refractivity (Wildman–Crippen MR) is 463 cm³/mol. The molecule has 130 heavy (non-hydrogen) atoms. The minimum absolute atomic E-state index is 0. The van der Waals surface area contributed by atoms with Crippen LogP contribution in [-0.4, -0.2) is 212 Å². The summed E-state index contributed by atoms with van der Waals surface area (Å²) >= 11 is 4.24. The number of nitrogens with one attached hydrogen (secondary N) is 7. The molecule has 9 aromatic heterocycles. The molecule has 6 aliphatic heterocycles. The minimum atomic E-state index is -5.09. The number of aromatic nitrogens is 17. The zero-order chi connectivity index (χ0) is 91.4. The monoisotopic (exact) mass is 2110 g/mol. The lowest BCUT2D eigenvalue weighted by molar-refractivity contribution is -0.378. The van der Waals surface area contributed by atoms with E-state index < -0.39 is 204 Å². The molecule has 4 amide bonds.